The predicted molar refractivity (Wildman–Crippen MR) is 128 cm³/mol. The van der Waals surface area contributed by atoms with Gasteiger partial charge >= 0.3 is 0 Å². The van der Waals surface area contributed by atoms with E-state index in [-0.39, 0.29) is 11.8 Å². The number of carbonyl (C=O) groups is 1. The molecule has 0 atom stereocenters. The van der Waals surface area contributed by atoms with Gasteiger partial charge < -0.3 is 9.73 Å². The van der Waals surface area contributed by atoms with Crippen molar-refractivity contribution in [2.45, 2.75) is 44.9 Å². The van der Waals surface area contributed by atoms with E-state index in [2.05, 4.69) is 26.6 Å². The zero-order valence-electron chi connectivity index (χ0n) is 18.8. The van der Waals surface area contributed by atoms with Gasteiger partial charge in [0.2, 0.25) is 11.8 Å². The molecule has 6 nitrogen and oxygen atoms in total. The number of benzene rings is 2. The van der Waals surface area contributed by atoms with Crippen LogP contribution in [0.4, 0.5) is 0 Å². The van der Waals surface area contributed by atoms with E-state index >= 15 is 0 Å². The monoisotopic (exact) mass is 440 g/mol. The first-order valence-electron chi connectivity index (χ1n) is 11.7. The predicted octanol–water partition coefficient (Wildman–Crippen LogP) is 5.23. The molecule has 1 saturated carbocycles. The van der Waals surface area contributed by atoms with E-state index < -0.39 is 0 Å². The summed E-state index contributed by atoms with van der Waals surface area (Å²) in [5.74, 6) is 2.02. The van der Waals surface area contributed by atoms with Crippen molar-refractivity contribution in [2.24, 2.45) is 5.92 Å². The van der Waals surface area contributed by atoms with Gasteiger partial charge in [-0.3, -0.25) is 9.78 Å². The van der Waals surface area contributed by atoms with Gasteiger partial charge in [0.1, 0.15) is 5.69 Å². The van der Waals surface area contributed by atoms with Crippen molar-refractivity contribution in [1.82, 2.24) is 20.5 Å². The first-order valence-corrected chi connectivity index (χ1v) is 11.7. The van der Waals surface area contributed by atoms with Gasteiger partial charge in [-0.25, -0.2) is 0 Å². The number of nitrogens with one attached hydrogen (secondary N) is 1. The maximum atomic E-state index is 12.4. The highest BCUT2D eigenvalue weighted by atomic mass is 16.4. The number of rotatable bonds is 6. The first kappa shape index (κ1) is 21.3. The van der Waals surface area contributed by atoms with Crippen LogP contribution < -0.4 is 5.32 Å². The molecule has 6 heteroatoms. The third-order valence-electron chi connectivity index (χ3n) is 6.71. The second-order valence-electron chi connectivity index (χ2n) is 8.95. The number of fused-ring (bicyclic) bond motifs is 1. The van der Waals surface area contributed by atoms with Crippen LogP contribution in [0.3, 0.4) is 0 Å². The van der Waals surface area contributed by atoms with Crippen LogP contribution in [-0.4, -0.2) is 27.6 Å². The molecule has 2 heterocycles. The van der Waals surface area contributed by atoms with Crippen LogP contribution >= 0.6 is 0 Å². The molecule has 1 amide bonds. The summed E-state index contributed by atoms with van der Waals surface area (Å²) in [6.07, 6.45) is 6.28. The Balaban J connectivity index is 1.15. The van der Waals surface area contributed by atoms with E-state index in [1.165, 1.54) is 0 Å². The highest BCUT2D eigenvalue weighted by molar-refractivity contribution is 5.92. The van der Waals surface area contributed by atoms with E-state index in [1.807, 2.05) is 55.5 Å². The fraction of sp³-hybridized carbons (Fsp3) is 0.333. The lowest BCUT2D eigenvalue weighted by molar-refractivity contribution is -0.120. The normalized spacial score (nSPS) is 18.3. The molecule has 1 aliphatic rings. The van der Waals surface area contributed by atoms with Gasteiger partial charge in [0, 0.05) is 24.0 Å². The van der Waals surface area contributed by atoms with Crippen molar-refractivity contribution < 1.29 is 9.21 Å². The molecule has 0 spiro atoms. The zero-order valence-corrected chi connectivity index (χ0v) is 18.8. The molecule has 2 aromatic heterocycles. The number of hydrogen-bond donors (Lipinski definition) is 1. The van der Waals surface area contributed by atoms with Crippen LogP contribution in [0.2, 0.25) is 0 Å². The number of pyridine rings is 1. The molecule has 4 aromatic rings. The summed E-state index contributed by atoms with van der Waals surface area (Å²) in [4.78, 5) is 16.9. The minimum absolute atomic E-state index is 0.0931. The minimum Gasteiger partial charge on any atom is -0.419 e. The third-order valence-corrected chi connectivity index (χ3v) is 6.71. The topological polar surface area (TPSA) is 80.9 Å². The van der Waals surface area contributed by atoms with E-state index in [0.717, 1.165) is 59.8 Å². The smallest absolute Gasteiger partial charge is 0.266 e. The summed E-state index contributed by atoms with van der Waals surface area (Å²) < 4.78 is 6.07. The molecule has 0 bridgehead atoms. The lowest BCUT2D eigenvalue weighted by atomic mass is 9.82. The number of hydrogen-bond acceptors (Lipinski definition) is 5. The van der Waals surface area contributed by atoms with Crippen LogP contribution in [0.5, 0.6) is 0 Å². The van der Waals surface area contributed by atoms with Crippen LogP contribution in [0.15, 0.2) is 65.2 Å². The summed E-state index contributed by atoms with van der Waals surface area (Å²) in [5, 5.41) is 13.9. The second kappa shape index (κ2) is 9.53. The van der Waals surface area contributed by atoms with Gasteiger partial charge in [-0.05, 0) is 61.1 Å². The van der Waals surface area contributed by atoms with E-state index in [1.54, 1.807) is 6.20 Å². The lowest BCUT2D eigenvalue weighted by Crippen LogP contribution is -2.32. The Morgan fingerprint density at radius 1 is 1.00 bits per heavy atom. The van der Waals surface area contributed by atoms with Crippen molar-refractivity contribution in [3.63, 3.8) is 0 Å². The molecule has 1 aliphatic carbocycles. The molecule has 5 rings (SSSR count). The average Bonchev–Trinajstić information content (AvgIpc) is 3.34. The summed E-state index contributed by atoms with van der Waals surface area (Å²) >= 11 is 0. The molecule has 2 aromatic carbocycles. The Kier molecular flexibility index (Phi) is 6.15. The Bertz CT molecular complexity index is 1250. The lowest BCUT2D eigenvalue weighted by Gasteiger charge is -2.26. The molecule has 168 valence electrons. The highest BCUT2D eigenvalue weighted by Crippen LogP contribution is 2.36. The summed E-state index contributed by atoms with van der Waals surface area (Å²) in [6, 6.07) is 18.1. The van der Waals surface area contributed by atoms with Gasteiger partial charge in [0.25, 0.3) is 5.89 Å². The molecule has 1 fully saturated rings. The van der Waals surface area contributed by atoms with E-state index in [4.69, 9.17) is 4.42 Å². The molecule has 33 heavy (non-hydrogen) atoms. The molecule has 0 aliphatic heterocycles. The van der Waals surface area contributed by atoms with Crippen molar-refractivity contribution in [2.75, 3.05) is 6.54 Å². The highest BCUT2D eigenvalue weighted by Gasteiger charge is 2.27. The molecule has 1 N–H and O–H groups in total. The summed E-state index contributed by atoms with van der Waals surface area (Å²) in [6.45, 7) is 2.77. The number of nitrogens with zero attached hydrogens (tertiary/aromatic N) is 3. The van der Waals surface area contributed by atoms with Gasteiger partial charge in [-0.15, -0.1) is 10.2 Å². The fourth-order valence-corrected chi connectivity index (χ4v) is 4.70. The number of aryl methyl sites for hydroxylation is 1. The summed E-state index contributed by atoms with van der Waals surface area (Å²) in [7, 11) is 0. The van der Waals surface area contributed by atoms with Gasteiger partial charge in [0.05, 0.1) is 6.42 Å². The SMILES string of the molecule is Cc1ccccc1CC(=O)NCC1CCC(c2nnc(-c3nccc4ccccc34)o2)CC1. The standard InChI is InChI=1S/C27H28N4O2/c1-18-6-2-3-8-22(18)16-24(32)29-17-19-10-12-21(13-11-19)26-30-31-27(33-26)25-23-9-5-4-7-20(23)14-15-28-25/h2-9,14-15,19,21H,10-13,16-17H2,1H3,(H,29,32). The maximum absolute atomic E-state index is 12.4. The van der Waals surface area contributed by atoms with Crippen LogP contribution in [0.25, 0.3) is 22.4 Å². The zero-order chi connectivity index (χ0) is 22.6. The van der Waals surface area contributed by atoms with Crippen molar-refractivity contribution >= 4 is 16.7 Å². The third kappa shape index (κ3) is 4.80. The molecule has 0 radical (unpaired) electrons. The molecular formula is C27H28N4O2. The van der Waals surface area contributed by atoms with E-state index in [9.17, 15) is 4.79 Å². The van der Waals surface area contributed by atoms with Crippen LogP contribution in [0, 0.1) is 12.8 Å². The summed E-state index contributed by atoms with van der Waals surface area (Å²) in [5.41, 5.74) is 2.98. The van der Waals surface area contributed by atoms with Crippen molar-refractivity contribution in [3.05, 3.63) is 77.8 Å². The fourth-order valence-electron chi connectivity index (χ4n) is 4.70. The Morgan fingerprint density at radius 2 is 1.79 bits per heavy atom. The van der Waals surface area contributed by atoms with E-state index in [0.29, 0.717) is 24.1 Å². The van der Waals surface area contributed by atoms with Gasteiger partial charge in [-0.1, -0.05) is 48.5 Å². The number of aromatic nitrogens is 3. The maximum Gasteiger partial charge on any atom is 0.266 e. The second-order valence-corrected chi connectivity index (χ2v) is 8.95. The largest absolute Gasteiger partial charge is 0.419 e. The number of amides is 1. The Hall–Kier alpha value is -3.54. The van der Waals surface area contributed by atoms with Crippen LogP contribution in [-0.2, 0) is 11.2 Å². The van der Waals surface area contributed by atoms with Crippen molar-refractivity contribution in [3.8, 4) is 11.6 Å². The number of carbonyl (C=O) groups excluding carboxylic acids is 1. The molecule has 0 saturated heterocycles. The molecular weight excluding hydrogens is 412 g/mol. The molecule has 0 unspecified atom stereocenters. The minimum atomic E-state index is 0.0931. The van der Waals surface area contributed by atoms with Gasteiger partial charge in [-0.2, -0.15) is 0 Å². The first-order chi connectivity index (χ1) is 16.2. The Morgan fingerprint density at radius 3 is 2.64 bits per heavy atom. The van der Waals surface area contributed by atoms with Crippen molar-refractivity contribution in [1.29, 1.82) is 0 Å². The van der Waals surface area contributed by atoms with Crippen LogP contribution in [0.1, 0.15) is 48.6 Å². The van der Waals surface area contributed by atoms with Gasteiger partial charge in [0.15, 0.2) is 0 Å². The quantitative estimate of drug-likeness (QED) is 0.444. The Labute approximate surface area is 193 Å². The average molecular weight is 441 g/mol.